The molecular formula is C26H29FN8O2. The van der Waals surface area contributed by atoms with Gasteiger partial charge in [-0.3, -0.25) is 10.1 Å². The van der Waals surface area contributed by atoms with Crippen LogP contribution in [0.3, 0.4) is 0 Å². The van der Waals surface area contributed by atoms with E-state index in [4.69, 9.17) is 4.98 Å². The number of aryl methyl sites for hydroxylation is 1. The number of allylic oxidation sites excluding steroid dienone is 1. The summed E-state index contributed by atoms with van der Waals surface area (Å²) in [5.74, 6) is -0.0510. The van der Waals surface area contributed by atoms with Crippen LogP contribution in [0, 0.1) is 15.9 Å². The molecule has 0 amide bonds. The number of hydrogen-bond acceptors (Lipinski definition) is 7. The summed E-state index contributed by atoms with van der Waals surface area (Å²) in [4.78, 5) is 26.3. The van der Waals surface area contributed by atoms with Crippen molar-refractivity contribution in [1.29, 1.82) is 0 Å². The molecule has 3 N–H and O–H groups in total. The number of hydrogen-bond donors (Lipinski definition) is 3. The van der Waals surface area contributed by atoms with Crippen LogP contribution >= 0.6 is 0 Å². The van der Waals surface area contributed by atoms with Gasteiger partial charge in [-0.2, -0.15) is 4.98 Å². The smallest absolute Gasteiger partial charge is 0.254 e. The van der Waals surface area contributed by atoms with Crippen LogP contribution in [0.1, 0.15) is 6.42 Å². The summed E-state index contributed by atoms with van der Waals surface area (Å²) in [6, 6.07) is 5.56. The largest absolute Gasteiger partial charge is 0.350 e. The second-order valence-electron chi connectivity index (χ2n) is 9.61. The molecule has 2 unspecified atom stereocenters. The van der Waals surface area contributed by atoms with E-state index in [2.05, 4.69) is 20.6 Å². The summed E-state index contributed by atoms with van der Waals surface area (Å²) in [5, 5.41) is 19.9. The maximum Gasteiger partial charge on any atom is 0.254 e. The molecule has 1 aromatic carbocycles. The topological polar surface area (TPSA) is 117 Å². The first-order chi connectivity index (χ1) is 17.7. The number of nitrogens with zero attached hydrogens (tertiary/aromatic N) is 5. The van der Waals surface area contributed by atoms with E-state index < -0.39 is 11.6 Å². The van der Waals surface area contributed by atoms with Gasteiger partial charge in [-0.25, -0.2) is 9.37 Å². The molecule has 2 atom stereocenters. The van der Waals surface area contributed by atoms with Gasteiger partial charge in [-0.1, -0.05) is 6.08 Å². The summed E-state index contributed by atoms with van der Waals surface area (Å²) in [5.41, 5.74) is 2.58. The molecule has 192 valence electrons. The highest BCUT2D eigenvalue weighted by Crippen LogP contribution is 2.35. The van der Waals surface area contributed by atoms with Gasteiger partial charge >= 0.3 is 0 Å². The number of aromatic nitrogens is 4. The number of rotatable bonds is 8. The van der Waals surface area contributed by atoms with Crippen molar-refractivity contribution < 1.29 is 9.31 Å². The quantitative estimate of drug-likeness (QED) is 0.248. The van der Waals surface area contributed by atoms with Crippen molar-refractivity contribution in [3.05, 3.63) is 76.5 Å². The lowest BCUT2D eigenvalue weighted by Gasteiger charge is -2.35. The van der Waals surface area contributed by atoms with Crippen LogP contribution in [0.5, 0.6) is 0 Å². The maximum atomic E-state index is 14.1. The summed E-state index contributed by atoms with van der Waals surface area (Å²) in [6.07, 6.45) is 9.51. The molecule has 5 rings (SSSR count). The fraction of sp³-hybridized carbons (Fsp3) is 0.308. The van der Waals surface area contributed by atoms with E-state index in [1.165, 1.54) is 12.1 Å². The lowest BCUT2D eigenvalue weighted by molar-refractivity contribution is -0.519. The van der Waals surface area contributed by atoms with Gasteiger partial charge in [0.05, 0.1) is 5.69 Å². The minimum atomic E-state index is -0.986. The van der Waals surface area contributed by atoms with Gasteiger partial charge in [-0.05, 0) is 64.5 Å². The molecule has 3 aromatic heterocycles. The van der Waals surface area contributed by atoms with Crippen molar-refractivity contribution in [2.75, 3.05) is 33.0 Å². The highest BCUT2D eigenvalue weighted by Gasteiger charge is 2.44. The van der Waals surface area contributed by atoms with Crippen LogP contribution in [0.25, 0.3) is 33.2 Å². The third-order valence-corrected chi connectivity index (χ3v) is 6.97. The minimum Gasteiger partial charge on any atom is -0.350 e. The Morgan fingerprint density at radius 1 is 1.27 bits per heavy atom. The lowest BCUT2D eigenvalue weighted by Crippen LogP contribution is -2.56. The highest BCUT2D eigenvalue weighted by atomic mass is 19.1. The van der Waals surface area contributed by atoms with E-state index >= 15 is 0 Å². The molecule has 1 aliphatic rings. The first kappa shape index (κ1) is 24.6. The van der Waals surface area contributed by atoms with E-state index in [-0.39, 0.29) is 16.7 Å². The summed E-state index contributed by atoms with van der Waals surface area (Å²) < 4.78 is 16.1. The lowest BCUT2D eigenvalue weighted by atomic mass is 9.82. The Bertz CT molecular complexity index is 1550. The number of benzene rings is 1. The van der Waals surface area contributed by atoms with E-state index in [9.17, 15) is 14.5 Å². The SMILES string of the molecule is CNC1(CCN(C)C)C=CC(Nc2nc(-c3cn(C)c4ccc(F)cc34)c3cc[nH]c3n2)=CC1[N+](=O)[O-]. The van der Waals surface area contributed by atoms with Gasteiger partial charge in [0.25, 0.3) is 6.04 Å². The summed E-state index contributed by atoms with van der Waals surface area (Å²) in [7, 11) is 7.52. The van der Waals surface area contributed by atoms with Gasteiger partial charge in [-0.15, -0.1) is 0 Å². The Morgan fingerprint density at radius 3 is 2.81 bits per heavy atom. The molecule has 0 fully saturated rings. The Balaban J connectivity index is 1.54. The van der Waals surface area contributed by atoms with E-state index in [1.807, 2.05) is 55.0 Å². The second kappa shape index (κ2) is 9.41. The van der Waals surface area contributed by atoms with Crippen LogP contribution in [0.15, 0.2) is 60.6 Å². The number of nitro groups is 1. The van der Waals surface area contributed by atoms with Crippen LogP contribution in [-0.2, 0) is 7.05 Å². The fourth-order valence-electron chi connectivity index (χ4n) is 4.92. The Kier molecular flexibility index (Phi) is 6.26. The molecule has 10 nitrogen and oxygen atoms in total. The van der Waals surface area contributed by atoms with Crippen LogP contribution in [-0.4, -0.2) is 68.6 Å². The molecular weight excluding hydrogens is 475 g/mol. The zero-order valence-corrected chi connectivity index (χ0v) is 21.1. The van der Waals surface area contributed by atoms with E-state index in [0.29, 0.717) is 30.0 Å². The normalized spacial score (nSPS) is 19.6. The number of likely N-dealkylation sites (N-methyl/N-ethyl adjacent to an activating group) is 1. The fourth-order valence-corrected chi connectivity index (χ4v) is 4.92. The first-order valence-electron chi connectivity index (χ1n) is 12.0. The monoisotopic (exact) mass is 504 g/mol. The first-order valence-corrected chi connectivity index (χ1v) is 12.0. The van der Waals surface area contributed by atoms with Gasteiger partial charge in [0.15, 0.2) is 0 Å². The van der Waals surface area contributed by atoms with Crippen molar-refractivity contribution in [2.45, 2.75) is 18.0 Å². The highest BCUT2D eigenvalue weighted by molar-refractivity contribution is 6.02. The molecule has 0 aliphatic heterocycles. The zero-order chi connectivity index (χ0) is 26.3. The number of nitrogens with one attached hydrogen (secondary N) is 3. The van der Waals surface area contributed by atoms with E-state index in [1.54, 1.807) is 25.4 Å². The van der Waals surface area contributed by atoms with Gasteiger partial charge in [0, 0.05) is 58.0 Å². The van der Waals surface area contributed by atoms with E-state index in [0.717, 1.165) is 21.9 Å². The van der Waals surface area contributed by atoms with Crippen LogP contribution < -0.4 is 10.6 Å². The van der Waals surface area contributed by atoms with Crippen molar-refractivity contribution in [1.82, 2.24) is 29.7 Å². The molecule has 0 radical (unpaired) electrons. The predicted octanol–water partition coefficient (Wildman–Crippen LogP) is 3.68. The third kappa shape index (κ3) is 4.47. The molecule has 0 saturated carbocycles. The number of fused-ring (bicyclic) bond motifs is 2. The van der Waals surface area contributed by atoms with Gasteiger partial charge < -0.3 is 25.1 Å². The number of halogens is 1. The molecule has 0 bridgehead atoms. The van der Waals surface area contributed by atoms with Crippen molar-refractivity contribution in [3.8, 4) is 11.3 Å². The molecule has 0 saturated heterocycles. The summed E-state index contributed by atoms with van der Waals surface area (Å²) >= 11 is 0. The summed E-state index contributed by atoms with van der Waals surface area (Å²) in [6.45, 7) is 0.688. The molecule has 3 heterocycles. The second-order valence-corrected chi connectivity index (χ2v) is 9.61. The zero-order valence-electron chi connectivity index (χ0n) is 21.1. The molecule has 1 aliphatic carbocycles. The number of H-pyrrole nitrogens is 1. The molecule has 37 heavy (non-hydrogen) atoms. The van der Waals surface area contributed by atoms with Crippen molar-refractivity contribution in [3.63, 3.8) is 0 Å². The Labute approximate surface area is 213 Å². The minimum absolute atomic E-state index is 0.275. The van der Waals surface area contributed by atoms with Crippen LogP contribution in [0.4, 0.5) is 10.3 Å². The Morgan fingerprint density at radius 2 is 2.08 bits per heavy atom. The average Bonchev–Trinajstić information content (AvgIpc) is 3.47. The molecule has 4 aromatic rings. The van der Waals surface area contributed by atoms with Crippen molar-refractivity contribution in [2.24, 2.45) is 7.05 Å². The molecule has 0 spiro atoms. The third-order valence-electron chi connectivity index (χ3n) is 6.97. The Hall–Kier alpha value is -4.09. The van der Waals surface area contributed by atoms with Gasteiger partial charge in [0.2, 0.25) is 5.95 Å². The number of aromatic amines is 1. The van der Waals surface area contributed by atoms with Crippen LogP contribution in [0.2, 0.25) is 0 Å². The standard InChI is InChI=1S/C26H29FN8O2/c1-28-26(10-12-33(2)3)9-7-17(14-22(26)35(36)37)30-25-31-23(18-8-11-29-24(18)32-25)20-15-34(4)21-6-5-16(27)13-19(20)21/h5-9,11,13-15,22,28H,10,12H2,1-4H3,(H2,29,30,31,32). The predicted molar refractivity (Wildman–Crippen MR) is 142 cm³/mol. The number of anilines is 1. The van der Waals surface area contributed by atoms with Crippen molar-refractivity contribution >= 4 is 27.9 Å². The maximum absolute atomic E-state index is 14.1. The average molecular weight is 505 g/mol. The molecule has 11 heteroatoms. The van der Waals surface area contributed by atoms with Gasteiger partial charge in [0.1, 0.15) is 17.0 Å².